The molecule has 1 amide bonds. The van der Waals surface area contributed by atoms with Gasteiger partial charge in [0.2, 0.25) is 21.8 Å². The molecule has 1 N–H and O–H groups in total. The van der Waals surface area contributed by atoms with E-state index in [0.29, 0.717) is 37.7 Å². The summed E-state index contributed by atoms with van der Waals surface area (Å²) >= 11 is 0. The topological polar surface area (TPSA) is 91.8 Å². The van der Waals surface area contributed by atoms with E-state index in [4.69, 9.17) is 4.74 Å². The number of aryl methyl sites for hydroxylation is 3. The maximum atomic E-state index is 12.6. The molecule has 1 aliphatic carbocycles. The molecule has 1 aromatic carbocycles. The third kappa shape index (κ3) is 4.59. The van der Waals surface area contributed by atoms with Gasteiger partial charge in [0.1, 0.15) is 16.5 Å². The van der Waals surface area contributed by atoms with Gasteiger partial charge in [-0.15, -0.1) is 0 Å². The van der Waals surface area contributed by atoms with Gasteiger partial charge in [0.25, 0.3) is 0 Å². The molecule has 0 atom stereocenters. The smallest absolute Gasteiger partial charge is 0.245 e. The number of carbonyl (C=O) groups excluding carboxylic acids is 1. The molecular formula is C23H30N4O4S. The van der Waals surface area contributed by atoms with Crippen LogP contribution in [0.3, 0.4) is 0 Å². The number of nitrogens with zero attached hydrogens (tertiary/aromatic N) is 3. The SMILES string of the molecule is CNS(=O)(=O)c1ccc(N2CCN(C(=O)C3CC3)CC2)nc1Oc1c(C)cc(C)cc1C. The minimum atomic E-state index is -3.76. The van der Waals surface area contributed by atoms with Crippen molar-refractivity contribution >= 4 is 21.7 Å². The number of sulfonamides is 1. The Kier molecular flexibility index (Phi) is 6.13. The molecule has 2 fully saturated rings. The molecule has 8 nitrogen and oxygen atoms in total. The van der Waals surface area contributed by atoms with Crippen molar-refractivity contribution in [2.75, 3.05) is 38.1 Å². The molecule has 9 heteroatoms. The first kappa shape index (κ1) is 22.5. The van der Waals surface area contributed by atoms with E-state index < -0.39 is 10.0 Å². The summed E-state index contributed by atoms with van der Waals surface area (Å²) in [6, 6.07) is 7.22. The lowest BCUT2D eigenvalue weighted by atomic mass is 10.1. The fraction of sp³-hybridized carbons (Fsp3) is 0.478. The van der Waals surface area contributed by atoms with E-state index in [1.165, 1.54) is 13.1 Å². The van der Waals surface area contributed by atoms with Gasteiger partial charge in [-0.1, -0.05) is 17.7 Å². The Morgan fingerprint density at radius 1 is 1.06 bits per heavy atom. The average Bonchev–Trinajstić information content (AvgIpc) is 3.61. The zero-order chi connectivity index (χ0) is 23.0. The molecule has 0 spiro atoms. The second-order valence-electron chi connectivity index (χ2n) is 8.60. The highest BCUT2D eigenvalue weighted by Crippen LogP contribution is 2.34. The Morgan fingerprint density at radius 3 is 2.25 bits per heavy atom. The third-order valence-corrected chi connectivity index (χ3v) is 7.44. The maximum Gasteiger partial charge on any atom is 0.245 e. The normalized spacial score (nSPS) is 16.9. The maximum absolute atomic E-state index is 12.6. The highest BCUT2D eigenvalue weighted by atomic mass is 32.2. The highest BCUT2D eigenvalue weighted by molar-refractivity contribution is 7.89. The van der Waals surface area contributed by atoms with Gasteiger partial charge in [0, 0.05) is 32.1 Å². The molecule has 1 aliphatic heterocycles. The predicted molar refractivity (Wildman–Crippen MR) is 123 cm³/mol. The van der Waals surface area contributed by atoms with Crippen LogP contribution in [-0.2, 0) is 14.8 Å². The van der Waals surface area contributed by atoms with Crippen LogP contribution >= 0.6 is 0 Å². The van der Waals surface area contributed by atoms with E-state index in [9.17, 15) is 13.2 Å². The fourth-order valence-electron chi connectivity index (χ4n) is 4.15. The van der Waals surface area contributed by atoms with Gasteiger partial charge in [-0.2, -0.15) is 4.98 Å². The van der Waals surface area contributed by atoms with Crippen molar-refractivity contribution in [1.82, 2.24) is 14.6 Å². The fourth-order valence-corrected chi connectivity index (χ4v) is 4.93. The number of pyridine rings is 1. The zero-order valence-corrected chi connectivity index (χ0v) is 19.8. The first-order valence-electron chi connectivity index (χ1n) is 10.9. The summed E-state index contributed by atoms with van der Waals surface area (Å²) in [5.74, 6) is 1.75. The first-order valence-corrected chi connectivity index (χ1v) is 12.4. The Morgan fingerprint density at radius 2 is 1.69 bits per heavy atom. The molecule has 2 aliphatic rings. The van der Waals surface area contributed by atoms with Crippen molar-refractivity contribution < 1.29 is 17.9 Å². The molecule has 0 radical (unpaired) electrons. The minimum absolute atomic E-state index is 0.00864. The summed E-state index contributed by atoms with van der Waals surface area (Å²) in [4.78, 5) is 20.9. The molecule has 4 rings (SSSR count). The molecule has 0 bridgehead atoms. The summed E-state index contributed by atoms with van der Waals surface area (Å²) in [5, 5.41) is 0. The van der Waals surface area contributed by atoms with Crippen molar-refractivity contribution in [2.24, 2.45) is 5.92 Å². The van der Waals surface area contributed by atoms with Crippen LogP contribution in [0.4, 0.5) is 5.82 Å². The molecule has 32 heavy (non-hydrogen) atoms. The van der Waals surface area contributed by atoms with Crippen molar-refractivity contribution in [3.05, 3.63) is 41.0 Å². The van der Waals surface area contributed by atoms with E-state index in [0.717, 1.165) is 29.5 Å². The minimum Gasteiger partial charge on any atom is -0.437 e. The van der Waals surface area contributed by atoms with Crippen LogP contribution in [0.5, 0.6) is 11.6 Å². The Labute approximate surface area is 189 Å². The number of ether oxygens (including phenoxy) is 1. The number of rotatable bonds is 6. The van der Waals surface area contributed by atoms with Gasteiger partial charge < -0.3 is 14.5 Å². The van der Waals surface area contributed by atoms with Gasteiger partial charge in [0.15, 0.2) is 0 Å². The van der Waals surface area contributed by atoms with Crippen LogP contribution in [-0.4, -0.2) is 57.4 Å². The largest absolute Gasteiger partial charge is 0.437 e. The number of anilines is 1. The molecule has 172 valence electrons. The quantitative estimate of drug-likeness (QED) is 0.716. The monoisotopic (exact) mass is 458 g/mol. The van der Waals surface area contributed by atoms with E-state index in [-0.39, 0.29) is 22.6 Å². The molecular weight excluding hydrogens is 428 g/mol. The van der Waals surface area contributed by atoms with E-state index >= 15 is 0 Å². The van der Waals surface area contributed by atoms with E-state index in [1.807, 2.05) is 37.8 Å². The Hall–Kier alpha value is -2.65. The molecule has 2 aromatic rings. The first-order chi connectivity index (χ1) is 15.2. The Balaban J connectivity index is 1.63. The van der Waals surface area contributed by atoms with E-state index in [1.54, 1.807) is 6.07 Å². The summed E-state index contributed by atoms with van der Waals surface area (Å²) in [6.45, 7) is 8.44. The average molecular weight is 459 g/mol. The number of aromatic nitrogens is 1. The summed E-state index contributed by atoms with van der Waals surface area (Å²) in [5.41, 5.74) is 2.93. The number of benzene rings is 1. The predicted octanol–water partition coefficient (Wildman–Crippen LogP) is 2.77. The van der Waals surface area contributed by atoms with Gasteiger partial charge in [-0.25, -0.2) is 13.1 Å². The van der Waals surface area contributed by atoms with Gasteiger partial charge in [-0.3, -0.25) is 4.79 Å². The number of piperazine rings is 1. The van der Waals surface area contributed by atoms with Crippen molar-refractivity contribution in [3.8, 4) is 11.6 Å². The van der Waals surface area contributed by atoms with Crippen LogP contribution in [0.15, 0.2) is 29.2 Å². The second kappa shape index (κ2) is 8.71. The number of amides is 1. The van der Waals surface area contributed by atoms with Crippen LogP contribution < -0.4 is 14.4 Å². The lowest BCUT2D eigenvalue weighted by molar-refractivity contribution is -0.132. The van der Waals surface area contributed by atoms with Crippen molar-refractivity contribution in [3.63, 3.8) is 0 Å². The zero-order valence-electron chi connectivity index (χ0n) is 19.0. The van der Waals surface area contributed by atoms with Crippen LogP contribution in [0.25, 0.3) is 0 Å². The second-order valence-corrected chi connectivity index (χ2v) is 10.5. The highest BCUT2D eigenvalue weighted by Gasteiger charge is 2.35. The van der Waals surface area contributed by atoms with Gasteiger partial charge >= 0.3 is 0 Å². The van der Waals surface area contributed by atoms with Gasteiger partial charge in [-0.05, 0) is 63.9 Å². The number of hydrogen-bond donors (Lipinski definition) is 1. The summed E-state index contributed by atoms with van der Waals surface area (Å²) in [6.07, 6.45) is 2.00. The third-order valence-electron chi connectivity index (χ3n) is 6.01. The van der Waals surface area contributed by atoms with Crippen LogP contribution in [0, 0.1) is 26.7 Å². The summed E-state index contributed by atoms with van der Waals surface area (Å²) < 4.78 is 33.7. The number of nitrogens with one attached hydrogen (secondary N) is 1. The van der Waals surface area contributed by atoms with E-state index in [2.05, 4.69) is 14.6 Å². The van der Waals surface area contributed by atoms with Crippen molar-refractivity contribution in [2.45, 2.75) is 38.5 Å². The number of carbonyl (C=O) groups is 1. The van der Waals surface area contributed by atoms with Crippen molar-refractivity contribution in [1.29, 1.82) is 0 Å². The van der Waals surface area contributed by atoms with Crippen LogP contribution in [0.2, 0.25) is 0 Å². The molecule has 2 heterocycles. The molecule has 1 saturated heterocycles. The van der Waals surface area contributed by atoms with Gasteiger partial charge in [0.05, 0.1) is 0 Å². The molecule has 1 aromatic heterocycles. The molecule has 1 saturated carbocycles. The lowest BCUT2D eigenvalue weighted by Crippen LogP contribution is -2.49. The number of hydrogen-bond acceptors (Lipinski definition) is 6. The molecule has 0 unspecified atom stereocenters. The van der Waals surface area contributed by atoms with Crippen LogP contribution in [0.1, 0.15) is 29.5 Å². The standard InChI is InChI=1S/C23H30N4O4S/c1-15-13-16(2)21(17(3)14-15)31-22-19(32(29,30)24-4)7-8-20(25-22)26-9-11-27(12-10-26)23(28)18-5-6-18/h7-8,13-14,18,24H,5-6,9-12H2,1-4H3. The Bertz CT molecular complexity index is 1110. The lowest BCUT2D eigenvalue weighted by Gasteiger charge is -2.35. The summed E-state index contributed by atoms with van der Waals surface area (Å²) in [7, 11) is -2.40.